The summed E-state index contributed by atoms with van der Waals surface area (Å²) in [4.78, 5) is 46.8. The lowest BCUT2D eigenvalue weighted by Crippen LogP contribution is -2.31. The third kappa shape index (κ3) is 2.94. The summed E-state index contributed by atoms with van der Waals surface area (Å²) in [5.74, 6) is -0.304. The molecule has 0 saturated heterocycles. The minimum Gasteiger partial charge on any atom is -0.369 e. The fourth-order valence-corrected chi connectivity index (χ4v) is 2.49. The van der Waals surface area contributed by atoms with Crippen LogP contribution in [0.15, 0.2) is 39.9 Å². The molecule has 3 aromatic rings. The van der Waals surface area contributed by atoms with Crippen molar-refractivity contribution >= 4 is 22.9 Å². The Kier molecular flexibility index (Phi) is 3.95. The number of benzene rings is 1. The van der Waals surface area contributed by atoms with E-state index in [4.69, 9.17) is 5.73 Å². The van der Waals surface area contributed by atoms with E-state index in [9.17, 15) is 14.4 Å². The normalized spacial score (nSPS) is 10.9. The Morgan fingerprint density at radius 2 is 1.92 bits per heavy atom. The lowest BCUT2D eigenvalue weighted by molar-refractivity contribution is -0.116. The minimum atomic E-state index is -0.549. The Morgan fingerprint density at radius 3 is 2.58 bits per heavy atom. The molecular formula is C16H15N5O3. The topological polar surface area (TPSA) is 124 Å². The van der Waals surface area contributed by atoms with Crippen LogP contribution < -0.4 is 16.9 Å². The molecule has 3 rings (SSSR count). The highest BCUT2D eigenvalue weighted by atomic mass is 16.1. The van der Waals surface area contributed by atoms with Gasteiger partial charge in [0.15, 0.2) is 11.2 Å². The molecule has 24 heavy (non-hydrogen) atoms. The number of aromatic amines is 1. The number of anilines is 1. The van der Waals surface area contributed by atoms with Gasteiger partial charge in [-0.15, -0.1) is 0 Å². The van der Waals surface area contributed by atoms with E-state index in [1.807, 2.05) is 30.3 Å². The first-order chi connectivity index (χ1) is 11.5. The first-order valence-corrected chi connectivity index (χ1v) is 7.28. The smallest absolute Gasteiger partial charge is 0.278 e. The molecule has 8 heteroatoms. The number of nitrogens with one attached hydrogen (secondary N) is 1. The molecule has 0 fully saturated rings. The Labute approximate surface area is 136 Å². The van der Waals surface area contributed by atoms with Gasteiger partial charge in [-0.3, -0.25) is 23.9 Å². The number of H-pyrrole nitrogens is 1. The lowest BCUT2D eigenvalue weighted by Gasteiger charge is -2.11. The summed E-state index contributed by atoms with van der Waals surface area (Å²) in [5.41, 5.74) is 5.47. The number of nitrogen functional groups attached to an aromatic ring is 1. The van der Waals surface area contributed by atoms with E-state index in [1.54, 1.807) is 0 Å². The van der Waals surface area contributed by atoms with E-state index in [1.165, 1.54) is 11.5 Å². The summed E-state index contributed by atoms with van der Waals surface area (Å²) >= 11 is 0. The first kappa shape index (κ1) is 15.6. The van der Waals surface area contributed by atoms with Gasteiger partial charge in [0.1, 0.15) is 11.5 Å². The number of nitrogens with two attached hydrogens (primary N) is 1. The van der Waals surface area contributed by atoms with Crippen molar-refractivity contribution in [3.8, 4) is 0 Å². The van der Waals surface area contributed by atoms with Gasteiger partial charge in [-0.25, -0.2) is 4.98 Å². The highest BCUT2D eigenvalue weighted by molar-refractivity contribution is 5.78. The van der Waals surface area contributed by atoms with E-state index >= 15 is 0 Å². The van der Waals surface area contributed by atoms with Crippen molar-refractivity contribution in [3.05, 3.63) is 62.3 Å². The molecule has 3 N–H and O–H groups in total. The van der Waals surface area contributed by atoms with Crippen molar-refractivity contribution < 1.29 is 4.79 Å². The molecule has 0 atom stereocenters. The van der Waals surface area contributed by atoms with Crippen molar-refractivity contribution in [2.75, 3.05) is 5.73 Å². The average Bonchev–Trinajstić information content (AvgIpc) is 2.51. The first-order valence-electron chi connectivity index (χ1n) is 7.28. The summed E-state index contributed by atoms with van der Waals surface area (Å²) in [6.07, 6.45) is -0.127. The third-order valence-corrected chi connectivity index (χ3v) is 3.50. The molecule has 0 unspecified atom stereocenters. The van der Waals surface area contributed by atoms with Crippen LogP contribution in [0.2, 0.25) is 0 Å². The highest BCUT2D eigenvalue weighted by Crippen LogP contribution is 2.08. The van der Waals surface area contributed by atoms with E-state index in [0.29, 0.717) is 0 Å². The standard InChI is InChI=1S/C16H15N5O3/c1-9(22)7-11-15(24)21(8-10-5-3-2-4-6-10)12-13(18-11)19-16(17)20-14(12)23/h2-6H,7-8H2,1H3,(H3,17,19,20,23). The maximum atomic E-state index is 12.7. The molecule has 2 aromatic heterocycles. The summed E-state index contributed by atoms with van der Waals surface area (Å²) in [5, 5.41) is 0. The Balaban J connectivity index is 2.31. The Morgan fingerprint density at radius 1 is 1.21 bits per heavy atom. The van der Waals surface area contributed by atoms with Gasteiger partial charge in [-0.2, -0.15) is 4.98 Å². The second kappa shape index (κ2) is 6.07. The monoisotopic (exact) mass is 325 g/mol. The van der Waals surface area contributed by atoms with Crippen LogP contribution >= 0.6 is 0 Å². The van der Waals surface area contributed by atoms with E-state index < -0.39 is 11.1 Å². The van der Waals surface area contributed by atoms with Gasteiger partial charge in [0.25, 0.3) is 11.1 Å². The summed E-state index contributed by atoms with van der Waals surface area (Å²) < 4.78 is 1.28. The zero-order valence-electron chi connectivity index (χ0n) is 12.9. The number of aromatic nitrogens is 4. The highest BCUT2D eigenvalue weighted by Gasteiger charge is 2.16. The number of ketones is 1. The number of fused-ring (bicyclic) bond motifs is 1. The molecule has 0 radical (unpaired) electrons. The molecule has 2 heterocycles. The number of hydrogen-bond donors (Lipinski definition) is 2. The molecule has 0 spiro atoms. The second-order valence-corrected chi connectivity index (χ2v) is 5.44. The number of hydrogen-bond acceptors (Lipinski definition) is 6. The number of carbonyl (C=O) groups excluding carboxylic acids is 1. The van der Waals surface area contributed by atoms with E-state index in [2.05, 4.69) is 15.0 Å². The SMILES string of the molecule is CC(=O)Cc1nc2nc(N)[nH]c(=O)c2n(Cc2ccccc2)c1=O. The van der Waals surface area contributed by atoms with E-state index in [0.717, 1.165) is 5.56 Å². The van der Waals surface area contributed by atoms with Crippen molar-refractivity contribution in [1.82, 2.24) is 19.5 Å². The fourth-order valence-electron chi connectivity index (χ4n) is 2.49. The van der Waals surface area contributed by atoms with Crippen LogP contribution in [0.25, 0.3) is 11.2 Å². The third-order valence-electron chi connectivity index (χ3n) is 3.50. The molecule has 122 valence electrons. The van der Waals surface area contributed by atoms with Crippen LogP contribution in [-0.4, -0.2) is 25.3 Å². The zero-order chi connectivity index (χ0) is 17.3. The maximum Gasteiger partial charge on any atom is 0.278 e. The van der Waals surface area contributed by atoms with Crippen LogP contribution in [0.5, 0.6) is 0 Å². The van der Waals surface area contributed by atoms with Gasteiger partial charge in [0.05, 0.1) is 13.0 Å². The molecule has 0 aliphatic heterocycles. The van der Waals surface area contributed by atoms with Gasteiger partial charge >= 0.3 is 0 Å². The lowest BCUT2D eigenvalue weighted by atomic mass is 10.2. The van der Waals surface area contributed by atoms with Crippen LogP contribution in [0, 0.1) is 0 Å². The largest absolute Gasteiger partial charge is 0.369 e. The number of Topliss-reactive ketones (excluding diaryl/α,β-unsaturated/α-hetero) is 1. The van der Waals surface area contributed by atoms with Gasteiger partial charge in [-0.1, -0.05) is 30.3 Å². The quantitative estimate of drug-likeness (QED) is 0.708. The summed E-state index contributed by atoms with van der Waals surface area (Å²) in [6, 6.07) is 9.19. The van der Waals surface area contributed by atoms with Crippen molar-refractivity contribution in [1.29, 1.82) is 0 Å². The maximum absolute atomic E-state index is 12.7. The molecule has 0 saturated carbocycles. The van der Waals surface area contributed by atoms with Crippen LogP contribution in [0.3, 0.4) is 0 Å². The van der Waals surface area contributed by atoms with Gasteiger partial charge in [-0.05, 0) is 12.5 Å². The van der Waals surface area contributed by atoms with Crippen molar-refractivity contribution in [2.45, 2.75) is 19.9 Å². The van der Waals surface area contributed by atoms with Crippen LogP contribution in [-0.2, 0) is 17.8 Å². The number of rotatable bonds is 4. The molecule has 0 amide bonds. The molecule has 0 aliphatic rings. The average molecular weight is 325 g/mol. The molecular weight excluding hydrogens is 310 g/mol. The van der Waals surface area contributed by atoms with Crippen molar-refractivity contribution in [3.63, 3.8) is 0 Å². The summed E-state index contributed by atoms with van der Waals surface area (Å²) in [6.45, 7) is 1.53. The van der Waals surface area contributed by atoms with Crippen LogP contribution in [0.4, 0.5) is 5.95 Å². The molecule has 8 nitrogen and oxygen atoms in total. The predicted octanol–water partition coefficient (Wildman–Crippen LogP) is 0.242. The minimum absolute atomic E-state index is 0.0327. The molecule has 0 aliphatic carbocycles. The molecule has 1 aromatic carbocycles. The Bertz CT molecular complexity index is 1040. The van der Waals surface area contributed by atoms with Gasteiger partial charge in [0, 0.05) is 0 Å². The summed E-state index contributed by atoms with van der Waals surface area (Å²) in [7, 11) is 0. The van der Waals surface area contributed by atoms with Crippen molar-refractivity contribution in [2.24, 2.45) is 0 Å². The van der Waals surface area contributed by atoms with Gasteiger partial charge in [0.2, 0.25) is 5.95 Å². The number of carbonyl (C=O) groups is 1. The van der Waals surface area contributed by atoms with Gasteiger partial charge < -0.3 is 5.73 Å². The molecule has 0 bridgehead atoms. The fraction of sp³-hybridized carbons (Fsp3) is 0.188. The zero-order valence-corrected chi connectivity index (χ0v) is 12.9. The van der Waals surface area contributed by atoms with Crippen LogP contribution in [0.1, 0.15) is 18.2 Å². The Hall–Kier alpha value is -3.29. The van der Waals surface area contributed by atoms with E-state index in [-0.39, 0.29) is 41.6 Å². The number of nitrogens with zero attached hydrogens (tertiary/aromatic N) is 3. The second-order valence-electron chi connectivity index (χ2n) is 5.44. The predicted molar refractivity (Wildman–Crippen MR) is 88.8 cm³/mol.